The first kappa shape index (κ1) is 11.6. The Morgan fingerprint density at radius 2 is 2.15 bits per heavy atom. The Morgan fingerprint density at radius 3 is 2.69 bits per heavy atom. The number of hydrogen-bond acceptors (Lipinski definition) is 3. The van der Waals surface area contributed by atoms with E-state index in [0.717, 1.165) is 24.7 Å². The maximum Gasteiger partial charge on any atom is 0.120 e. The van der Waals surface area contributed by atoms with Crippen LogP contribution < -0.4 is 5.73 Å². The van der Waals surface area contributed by atoms with E-state index >= 15 is 0 Å². The molecule has 0 radical (unpaired) electrons. The molecule has 3 heteroatoms. The summed E-state index contributed by atoms with van der Waals surface area (Å²) in [7, 11) is 0. The SMILES string of the molecule is N=C/C(=C\CCCC=O)C/C=C/N. The Labute approximate surface area is 78.8 Å². The van der Waals surface area contributed by atoms with Gasteiger partial charge < -0.3 is 15.9 Å². The molecule has 0 aliphatic heterocycles. The minimum absolute atomic E-state index is 0.592. The first-order valence-corrected chi connectivity index (χ1v) is 4.35. The van der Waals surface area contributed by atoms with Gasteiger partial charge in [-0.15, -0.1) is 0 Å². The minimum atomic E-state index is 0.592. The number of aldehydes is 1. The van der Waals surface area contributed by atoms with Crippen molar-refractivity contribution in [2.75, 3.05) is 0 Å². The smallest absolute Gasteiger partial charge is 0.120 e. The number of allylic oxidation sites excluding steroid dienone is 3. The van der Waals surface area contributed by atoms with Crippen molar-refractivity contribution in [2.24, 2.45) is 5.73 Å². The molecule has 72 valence electrons. The quantitative estimate of drug-likeness (QED) is 0.356. The maximum atomic E-state index is 10.00. The molecule has 0 saturated heterocycles. The fourth-order valence-corrected chi connectivity index (χ4v) is 0.894. The average Bonchev–Trinajstić information content (AvgIpc) is 2.17. The molecule has 13 heavy (non-hydrogen) atoms. The van der Waals surface area contributed by atoms with Gasteiger partial charge in [0, 0.05) is 12.6 Å². The van der Waals surface area contributed by atoms with Crippen molar-refractivity contribution in [1.82, 2.24) is 0 Å². The predicted molar refractivity (Wildman–Crippen MR) is 54.7 cm³/mol. The molecular formula is C10H16N2O. The van der Waals surface area contributed by atoms with Crippen LogP contribution in [0.2, 0.25) is 0 Å². The van der Waals surface area contributed by atoms with E-state index < -0.39 is 0 Å². The topological polar surface area (TPSA) is 66.9 Å². The second-order valence-corrected chi connectivity index (χ2v) is 2.65. The summed E-state index contributed by atoms with van der Waals surface area (Å²) in [5.74, 6) is 0. The van der Waals surface area contributed by atoms with E-state index in [2.05, 4.69) is 0 Å². The first-order valence-electron chi connectivity index (χ1n) is 4.35. The molecule has 0 aliphatic rings. The van der Waals surface area contributed by atoms with Crippen molar-refractivity contribution >= 4 is 12.5 Å². The average molecular weight is 180 g/mol. The molecule has 0 unspecified atom stereocenters. The number of carbonyl (C=O) groups is 1. The summed E-state index contributed by atoms with van der Waals surface area (Å²) in [4.78, 5) is 10.00. The Balaban J connectivity index is 3.77. The third-order valence-corrected chi connectivity index (χ3v) is 1.61. The van der Waals surface area contributed by atoms with Crippen LogP contribution in [0.4, 0.5) is 0 Å². The molecule has 0 heterocycles. The molecule has 0 rings (SSSR count). The highest BCUT2D eigenvalue weighted by molar-refractivity contribution is 5.75. The Morgan fingerprint density at radius 1 is 1.38 bits per heavy atom. The molecule has 0 aromatic rings. The highest BCUT2D eigenvalue weighted by Crippen LogP contribution is 2.03. The standard InChI is InChI=1S/C10H16N2O/c11-7-4-6-10(9-12)5-2-1-3-8-13/h4-5,7-9,12H,1-3,6,11H2/b7-4+,10-5-,12-9?. The van der Waals surface area contributed by atoms with Crippen LogP contribution in [0.5, 0.6) is 0 Å². The van der Waals surface area contributed by atoms with Gasteiger partial charge in [0.15, 0.2) is 0 Å². The lowest BCUT2D eigenvalue weighted by Gasteiger charge is -1.95. The van der Waals surface area contributed by atoms with Crippen molar-refractivity contribution in [2.45, 2.75) is 25.7 Å². The van der Waals surface area contributed by atoms with Gasteiger partial charge in [-0.05, 0) is 31.0 Å². The summed E-state index contributed by atoms with van der Waals surface area (Å²) in [6, 6.07) is 0. The normalized spacial score (nSPS) is 11.8. The number of hydrogen-bond donors (Lipinski definition) is 2. The highest BCUT2D eigenvalue weighted by Gasteiger charge is 1.89. The third kappa shape index (κ3) is 7.00. The van der Waals surface area contributed by atoms with Gasteiger partial charge in [0.25, 0.3) is 0 Å². The summed E-state index contributed by atoms with van der Waals surface area (Å²) in [5.41, 5.74) is 6.12. The van der Waals surface area contributed by atoms with E-state index in [1.807, 2.05) is 6.08 Å². The zero-order valence-electron chi connectivity index (χ0n) is 7.70. The number of nitrogens with two attached hydrogens (primary N) is 1. The van der Waals surface area contributed by atoms with Crippen LogP contribution in [-0.2, 0) is 4.79 Å². The van der Waals surface area contributed by atoms with Crippen LogP contribution in [0.3, 0.4) is 0 Å². The van der Waals surface area contributed by atoms with Gasteiger partial charge in [-0.25, -0.2) is 0 Å². The van der Waals surface area contributed by atoms with Crippen LogP contribution in [0.1, 0.15) is 25.7 Å². The van der Waals surface area contributed by atoms with Crippen LogP contribution in [-0.4, -0.2) is 12.5 Å². The summed E-state index contributed by atoms with van der Waals surface area (Å²) in [6.45, 7) is 0. The zero-order valence-corrected chi connectivity index (χ0v) is 7.70. The fraction of sp³-hybridized carbons (Fsp3) is 0.400. The van der Waals surface area contributed by atoms with E-state index in [-0.39, 0.29) is 0 Å². The molecule has 0 fully saturated rings. The molecular weight excluding hydrogens is 164 g/mol. The van der Waals surface area contributed by atoms with Gasteiger partial charge in [0.1, 0.15) is 6.29 Å². The second kappa shape index (κ2) is 8.71. The molecule has 0 aromatic heterocycles. The zero-order chi connectivity index (χ0) is 9.94. The summed E-state index contributed by atoms with van der Waals surface area (Å²) in [5, 5.41) is 7.08. The van der Waals surface area contributed by atoms with Crippen molar-refractivity contribution in [3.63, 3.8) is 0 Å². The van der Waals surface area contributed by atoms with Crippen LogP contribution >= 0.6 is 0 Å². The fourth-order valence-electron chi connectivity index (χ4n) is 0.894. The number of carbonyl (C=O) groups excluding carboxylic acids is 1. The van der Waals surface area contributed by atoms with Crippen LogP contribution in [0.25, 0.3) is 0 Å². The highest BCUT2D eigenvalue weighted by atomic mass is 16.1. The summed E-state index contributed by atoms with van der Waals surface area (Å²) in [6.07, 6.45) is 10.5. The predicted octanol–water partition coefficient (Wildman–Crippen LogP) is 1.79. The van der Waals surface area contributed by atoms with Gasteiger partial charge in [-0.3, -0.25) is 0 Å². The monoisotopic (exact) mass is 180 g/mol. The van der Waals surface area contributed by atoms with Gasteiger partial charge in [0.2, 0.25) is 0 Å². The third-order valence-electron chi connectivity index (χ3n) is 1.61. The first-order chi connectivity index (χ1) is 6.35. The number of unbranched alkanes of at least 4 members (excludes halogenated alkanes) is 2. The van der Waals surface area contributed by atoms with Gasteiger partial charge >= 0.3 is 0 Å². The van der Waals surface area contributed by atoms with E-state index in [1.165, 1.54) is 12.4 Å². The van der Waals surface area contributed by atoms with Gasteiger partial charge in [0.05, 0.1) is 0 Å². The number of nitrogens with one attached hydrogen (secondary N) is 1. The molecule has 0 bridgehead atoms. The molecule has 3 N–H and O–H groups in total. The van der Waals surface area contributed by atoms with E-state index in [4.69, 9.17) is 11.1 Å². The lowest BCUT2D eigenvalue weighted by atomic mass is 10.1. The van der Waals surface area contributed by atoms with Gasteiger partial charge in [-0.2, -0.15) is 0 Å². The molecule has 0 aliphatic carbocycles. The summed E-state index contributed by atoms with van der Waals surface area (Å²) < 4.78 is 0. The molecule has 0 amide bonds. The minimum Gasteiger partial charge on any atom is -0.405 e. The second-order valence-electron chi connectivity index (χ2n) is 2.65. The van der Waals surface area contributed by atoms with Gasteiger partial charge in [-0.1, -0.05) is 12.2 Å². The lowest BCUT2D eigenvalue weighted by Crippen LogP contribution is -1.85. The van der Waals surface area contributed by atoms with E-state index in [9.17, 15) is 4.79 Å². The van der Waals surface area contributed by atoms with Crippen molar-refractivity contribution in [3.05, 3.63) is 23.9 Å². The Hall–Kier alpha value is -1.38. The Bertz CT molecular complexity index is 207. The van der Waals surface area contributed by atoms with Crippen molar-refractivity contribution < 1.29 is 4.79 Å². The molecule has 0 atom stereocenters. The lowest BCUT2D eigenvalue weighted by molar-refractivity contribution is -0.107. The van der Waals surface area contributed by atoms with Crippen molar-refractivity contribution in [1.29, 1.82) is 5.41 Å². The Kier molecular flexibility index (Phi) is 7.79. The van der Waals surface area contributed by atoms with Crippen LogP contribution in [0.15, 0.2) is 23.9 Å². The largest absolute Gasteiger partial charge is 0.405 e. The van der Waals surface area contributed by atoms with Crippen molar-refractivity contribution in [3.8, 4) is 0 Å². The molecule has 0 spiro atoms. The molecule has 0 saturated carbocycles. The molecule has 0 aromatic carbocycles. The van der Waals surface area contributed by atoms with E-state index in [0.29, 0.717) is 12.8 Å². The maximum absolute atomic E-state index is 10.00. The van der Waals surface area contributed by atoms with Crippen LogP contribution in [0, 0.1) is 5.41 Å². The van der Waals surface area contributed by atoms with E-state index in [1.54, 1.807) is 6.08 Å². The molecule has 3 nitrogen and oxygen atoms in total. The summed E-state index contributed by atoms with van der Waals surface area (Å²) >= 11 is 0. The number of rotatable bonds is 7.